The molecule has 1 heterocycles. The van der Waals surface area contributed by atoms with Gasteiger partial charge in [0.15, 0.2) is 5.96 Å². The third-order valence-corrected chi connectivity index (χ3v) is 3.25. The molecule has 3 N–H and O–H groups in total. The quantitative estimate of drug-likeness (QED) is 0.538. The van der Waals surface area contributed by atoms with Gasteiger partial charge in [0.25, 0.3) is 0 Å². The molecule has 0 aromatic rings. The van der Waals surface area contributed by atoms with Crippen LogP contribution in [0.4, 0.5) is 0 Å². The number of ether oxygens (including phenoxy) is 1. The maximum Gasteiger partial charge on any atom is 0.188 e. The zero-order chi connectivity index (χ0) is 10.5. The normalized spacial score (nSPS) is 28.5. The van der Waals surface area contributed by atoms with E-state index in [0.717, 1.165) is 26.2 Å². The van der Waals surface area contributed by atoms with Gasteiger partial charge in [0.2, 0.25) is 0 Å². The fourth-order valence-corrected chi connectivity index (χ4v) is 2.28. The van der Waals surface area contributed by atoms with Gasteiger partial charge in [-0.1, -0.05) is 12.8 Å². The van der Waals surface area contributed by atoms with E-state index in [2.05, 4.69) is 10.3 Å². The second kappa shape index (κ2) is 5.35. The number of nitrogens with zero attached hydrogens (tertiary/aromatic N) is 1. The highest BCUT2D eigenvalue weighted by Gasteiger charge is 2.17. The van der Waals surface area contributed by atoms with E-state index in [0.29, 0.717) is 17.9 Å². The van der Waals surface area contributed by atoms with E-state index in [9.17, 15) is 0 Å². The molecule has 15 heavy (non-hydrogen) atoms. The summed E-state index contributed by atoms with van der Waals surface area (Å²) in [7, 11) is 0. The number of aliphatic imine (C=N–C) groups is 1. The minimum Gasteiger partial charge on any atom is -0.381 e. The molecule has 86 valence electrons. The number of rotatable bonds is 3. The monoisotopic (exact) mass is 211 g/mol. The Morgan fingerprint density at radius 2 is 2.13 bits per heavy atom. The molecule has 0 radical (unpaired) electrons. The van der Waals surface area contributed by atoms with E-state index >= 15 is 0 Å². The molecule has 0 bridgehead atoms. The Morgan fingerprint density at radius 3 is 2.80 bits per heavy atom. The largest absolute Gasteiger partial charge is 0.381 e. The summed E-state index contributed by atoms with van der Waals surface area (Å²) in [5, 5.41) is 3.29. The first kappa shape index (κ1) is 10.7. The molecule has 0 amide bonds. The number of hydrogen-bond donors (Lipinski definition) is 2. The highest BCUT2D eigenvalue weighted by Crippen LogP contribution is 2.17. The summed E-state index contributed by atoms with van der Waals surface area (Å²) in [6.45, 7) is 2.54. The van der Waals surface area contributed by atoms with Gasteiger partial charge in [0, 0.05) is 25.1 Å². The second-order valence-corrected chi connectivity index (χ2v) is 4.58. The van der Waals surface area contributed by atoms with Gasteiger partial charge in [0.05, 0.1) is 6.61 Å². The van der Waals surface area contributed by atoms with E-state index in [-0.39, 0.29) is 0 Å². The molecule has 1 atom stereocenters. The average Bonchev–Trinajstić information content (AvgIpc) is 2.86. The van der Waals surface area contributed by atoms with Gasteiger partial charge in [0.1, 0.15) is 0 Å². The van der Waals surface area contributed by atoms with Crippen LogP contribution in [0.15, 0.2) is 4.99 Å². The Kier molecular flexibility index (Phi) is 3.83. The van der Waals surface area contributed by atoms with Gasteiger partial charge >= 0.3 is 0 Å². The molecule has 2 fully saturated rings. The van der Waals surface area contributed by atoms with Crippen LogP contribution in [0.1, 0.15) is 32.1 Å². The van der Waals surface area contributed by atoms with Crippen LogP contribution < -0.4 is 11.1 Å². The van der Waals surface area contributed by atoms with E-state index in [1.54, 1.807) is 0 Å². The van der Waals surface area contributed by atoms with Crippen LogP contribution in [-0.2, 0) is 4.74 Å². The topological polar surface area (TPSA) is 59.6 Å². The molecule has 0 aromatic carbocycles. The van der Waals surface area contributed by atoms with Gasteiger partial charge < -0.3 is 15.8 Å². The maximum absolute atomic E-state index is 5.83. The molecule has 1 saturated carbocycles. The van der Waals surface area contributed by atoms with E-state index < -0.39 is 0 Å². The summed E-state index contributed by atoms with van der Waals surface area (Å²) < 4.78 is 5.29. The van der Waals surface area contributed by atoms with Gasteiger partial charge in [-0.2, -0.15) is 0 Å². The summed E-state index contributed by atoms with van der Waals surface area (Å²) in [6.07, 6.45) is 6.24. The molecule has 0 spiro atoms. The fourth-order valence-electron chi connectivity index (χ4n) is 2.28. The smallest absolute Gasteiger partial charge is 0.188 e. The first-order chi connectivity index (χ1) is 7.34. The molecule has 1 aliphatic carbocycles. The molecule has 2 rings (SSSR count). The summed E-state index contributed by atoms with van der Waals surface area (Å²) in [5.74, 6) is 1.20. The predicted molar refractivity (Wildman–Crippen MR) is 60.8 cm³/mol. The minimum atomic E-state index is 0.563. The average molecular weight is 211 g/mol. The molecule has 4 nitrogen and oxygen atoms in total. The van der Waals surface area contributed by atoms with Gasteiger partial charge in [-0.25, -0.2) is 0 Å². The fraction of sp³-hybridized carbons (Fsp3) is 0.909. The van der Waals surface area contributed by atoms with Crippen LogP contribution in [0.2, 0.25) is 0 Å². The second-order valence-electron chi connectivity index (χ2n) is 4.58. The van der Waals surface area contributed by atoms with Crippen molar-refractivity contribution in [2.45, 2.75) is 38.1 Å². The van der Waals surface area contributed by atoms with Crippen molar-refractivity contribution in [3.63, 3.8) is 0 Å². The molecule has 0 aromatic heterocycles. The SMILES string of the molecule is NC(=NCC1CCOC1)NC1CCCC1. The van der Waals surface area contributed by atoms with Gasteiger partial charge in [-0.15, -0.1) is 0 Å². The lowest BCUT2D eigenvalue weighted by Gasteiger charge is -2.12. The van der Waals surface area contributed by atoms with E-state index in [1.165, 1.54) is 25.7 Å². The molecular weight excluding hydrogens is 190 g/mol. The molecular formula is C11H21N3O. The lowest BCUT2D eigenvalue weighted by molar-refractivity contribution is 0.187. The summed E-state index contributed by atoms with van der Waals surface area (Å²) >= 11 is 0. The highest BCUT2D eigenvalue weighted by molar-refractivity contribution is 5.78. The molecule has 1 unspecified atom stereocenters. The summed E-state index contributed by atoms with van der Waals surface area (Å²) in [6, 6.07) is 0.563. The minimum absolute atomic E-state index is 0.563. The van der Waals surface area contributed by atoms with Gasteiger partial charge in [-0.3, -0.25) is 4.99 Å². The number of nitrogens with two attached hydrogens (primary N) is 1. The first-order valence-corrected chi connectivity index (χ1v) is 5.99. The molecule has 1 saturated heterocycles. The predicted octanol–water partition coefficient (Wildman–Crippen LogP) is 0.870. The van der Waals surface area contributed by atoms with Crippen molar-refractivity contribution < 1.29 is 4.74 Å². The maximum atomic E-state index is 5.83. The lowest BCUT2D eigenvalue weighted by Crippen LogP contribution is -2.38. The standard InChI is InChI=1S/C11H21N3O/c12-11(14-10-3-1-2-4-10)13-7-9-5-6-15-8-9/h9-10H,1-8H2,(H3,12,13,14). The Labute approximate surface area is 91.3 Å². The van der Waals surface area contributed by atoms with Crippen molar-refractivity contribution in [3.8, 4) is 0 Å². The molecule has 1 aliphatic heterocycles. The van der Waals surface area contributed by atoms with Crippen molar-refractivity contribution >= 4 is 5.96 Å². The number of nitrogens with one attached hydrogen (secondary N) is 1. The summed E-state index contributed by atoms with van der Waals surface area (Å²) in [4.78, 5) is 4.37. The number of guanidine groups is 1. The number of hydrogen-bond acceptors (Lipinski definition) is 2. The van der Waals surface area contributed by atoms with Crippen LogP contribution in [0.5, 0.6) is 0 Å². The molecule has 4 heteroatoms. The summed E-state index contributed by atoms with van der Waals surface area (Å²) in [5.41, 5.74) is 5.83. The Morgan fingerprint density at radius 1 is 1.33 bits per heavy atom. The third-order valence-electron chi connectivity index (χ3n) is 3.25. The lowest BCUT2D eigenvalue weighted by atomic mass is 10.1. The third kappa shape index (κ3) is 3.38. The van der Waals surface area contributed by atoms with Crippen molar-refractivity contribution in [1.82, 2.24) is 5.32 Å². The van der Waals surface area contributed by atoms with Crippen molar-refractivity contribution in [3.05, 3.63) is 0 Å². The Hall–Kier alpha value is -0.770. The Bertz CT molecular complexity index is 218. The van der Waals surface area contributed by atoms with Gasteiger partial charge in [-0.05, 0) is 19.3 Å². The van der Waals surface area contributed by atoms with Crippen LogP contribution in [0.25, 0.3) is 0 Å². The zero-order valence-corrected chi connectivity index (χ0v) is 9.24. The molecule has 2 aliphatic rings. The van der Waals surface area contributed by atoms with Crippen LogP contribution >= 0.6 is 0 Å². The van der Waals surface area contributed by atoms with Crippen LogP contribution in [0.3, 0.4) is 0 Å². The first-order valence-electron chi connectivity index (χ1n) is 5.99. The van der Waals surface area contributed by atoms with Crippen molar-refractivity contribution in [2.75, 3.05) is 19.8 Å². The zero-order valence-electron chi connectivity index (χ0n) is 9.24. The van der Waals surface area contributed by atoms with Crippen molar-refractivity contribution in [2.24, 2.45) is 16.6 Å². The van der Waals surface area contributed by atoms with E-state index in [1.807, 2.05) is 0 Å². The Balaban J connectivity index is 1.68. The van der Waals surface area contributed by atoms with Crippen LogP contribution in [0, 0.1) is 5.92 Å². The highest BCUT2D eigenvalue weighted by atomic mass is 16.5. The van der Waals surface area contributed by atoms with Crippen LogP contribution in [-0.4, -0.2) is 31.8 Å². The van der Waals surface area contributed by atoms with E-state index in [4.69, 9.17) is 10.5 Å². The van der Waals surface area contributed by atoms with Crippen molar-refractivity contribution in [1.29, 1.82) is 0 Å².